The van der Waals surface area contributed by atoms with Crippen LogP contribution >= 0.6 is 12.4 Å². The fourth-order valence-electron chi connectivity index (χ4n) is 2.22. The van der Waals surface area contributed by atoms with Crippen molar-refractivity contribution in [1.82, 2.24) is 5.32 Å². The fourth-order valence-corrected chi connectivity index (χ4v) is 2.22. The molecule has 1 atom stereocenters. The molecule has 1 fully saturated rings. The SMILES string of the molecule is CNCC1CC(=O)N(c2ccc(OC)cc2)C1.Cl. The molecule has 1 aliphatic rings. The van der Waals surface area contributed by atoms with Crippen molar-refractivity contribution in [3.8, 4) is 5.75 Å². The average Bonchev–Trinajstić information content (AvgIpc) is 2.71. The number of nitrogens with one attached hydrogen (secondary N) is 1. The quantitative estimate of drug-likeness (QED) is 0.905. The van der Waals surface area contributed by atoms with Gasteiger partial charge in [0.25, 0.3) is 0 Å². The first-order valence-electron chi connectivity index (χ1n) is 5.83. The monoisotopic (exact) mass is 270 g/mol. The number of ether oxygens (including phenoxy) is 1. The zero-order valence-electron chi connectivity index (χ0n) is 10.7. The molecule has 0 aliphatic carbocycles. The second kappa shape index (κ2) is 6.61. The normalized spacial score (nSPS) is 18.7. The van der Waals surface area contributed by atoms with E-state index < -0.39 is 0 Å². The number of hydrogen-bond donors (Lipinski definition) is 1. The van der Waals surface area contributed by atoms with Gasteiger partial charge in [0.1, 0.15) is 5.75 Å². The summed E-state index contributed by atoms with van der Waals surface area (Å²) >= 11 is 0. The highest BCUT2D eigenvalue weighted by atomic mass is 35.5. The Hall–Kier alpha value is -1.26. The second-order valence-electron chi connectivity index (χ2n) is 4.33. The van der Waals surface area contributed by atoms with Gasteiger partial charge in [0.15, 0.2) is 0 Å². The van der Waals surface area contributed by atoms with Crippen LogP contribution < -0.4 is 15.0 Å². The van der Waals surface area contributed by atoms with E-state index in [-0.39, 0.29) is 18.3 Å². The van der Waals surface area contributed by atoms with Crippen LogP contribution in [-0.4, -0.2) is 33.2 Å². The molecular formula is C13H19ClN2O2. The van der Waals surface area contributed by atoms with Gasteiger partial charge in [-0.2, -0.15) is 0 Å². The third-order valence-electron chi connectivity index (χ3n) is 3.08. The summed E-state index contributed by atoms with van der Waals surface area (Å²) in [6.45, 7) is 1.68. The van der Waals surface area contributed by atoms with Crippen LogP contribution in [-0.2, 0) is 4.79 Å². The Kier molecular flexibility index (Phi) is 5.44. The van der Waals surface area contributed by atoms with Gasteiger partial charge in [-0.05, 0) is 43.8 Å². The molecule has 18 heavy (non-hydrogen) atoms. The van der Waals surface area contributed by atoms with E-state index in [1.165, 1.54) is 0 Å². The van der Waals surface area contributed by atoms with E-state index in [1.54, 1.807) is 7.11 Å². The van der Waals surface area contributed by atoms with Crippen LogP contribution in [0, 0.1) is 5.92 Å². The van der Waals surface area contributed by atoms with E-state index in [9.17, 15) is 4.79 Å². The van der Waals surface area contributed by atoms with Gasteiger partial charge < -0.3 is 15.0 Å². The Balaban J connectivity index is 0.00000162. The molecule has 1 unspecified atom stereocenters. The van der Waals surface area contributed by atoms with Crippen LogP contribution in [0.4, 0.5) is 5.69 Å². The summed E-state index contributed by atoms with van der Waals surface area (Å²) in [5.41, 5.74) is 0.953. The summed E-state index contributed by atoms with van der Waals surface area (Å²) in [6, 6.07) is 7.62. The largest absolute Gasteiger partial charge is 0.497 e. The van der Waals surface area contributed by atoms with Crippen LogP contribution in [0.5, 0.6) is 5.75 Å². The number of methoxy groups -OCH3 is 1. The van der Waals surface area contributed by atoms with Gasteiger partial charge in [-0.3, -0.25) is 4.79 Å². The van der Waals surface area contributed by atoms with Crippen molar-refractivity contribution in [1.29, 1.82) is 0 Å². The van der Waals surface area contributed by atoms with E-state index >= 15 is 0 Å². The maximum Gasteiger partial charge on any atom is 0.227 e. The molecule has 0 aromatic heterocycles. The minimum Gasteiger partial charge on any atom is -0.497 e. The molecule has 0 spiro atoms. The number of nitrogens with zero attached hydrogens (tertiary/aromatic N) is 1. The standard InChI is InChI=1S/C13H18N2O2.ClH/c1-14-8-10-7-13(16)15(9-10)11-3-5-12(17-2)6-4-11;/h3-6,10,14H,7-9H2,1-2H3;1H. The van der Waals surface area contributed by atoms with Gasteiger partial charge in [0.05, 0.1) is 7.11 Å². The summed E-state index contributed by atoms with van der Waals surface area (Å²) in [7, 11) is 3.56. The molecule has 1 heterocycles. The average molecular weight is 271 g/mol. The lowest BCUT2D eigenvalue weighted by Gasteiger charge is -2.17. The zero-order chi connectivity index (χ0) is 12.3. The van der Waals surface area contributed by atoms with Crippen molar-refractivity contribution in [2.45, 2.75) is 6.42 Å². The van der Waals surface area contributed by atoms with Crippen LogP contribution in [0.2, 0.25) is 0 Å². The number of benzene rings is 1. The van der Waals surface area contributed by atoms with E-state index in [2.05, 4.69) is 5.32 Å². The van der Waals surface area contributed by atoms with E-state index in [0.29, 0.717) is 12.3 Å². The molecule has 0 saturated carbocycles. The Bertz CT molecular complexity index is 394. The highest BCUT2D eigenvalue weighted by Gasteiger charge is 2.29. The highest BCUT2D eigenvalue weighted by molar-refractivity contribution is 5.95. The Morgan fingerprint density at radius 3 is 2.61 bits per heavy atom. The van der Waals surface area contributed by atoms with E-state index in [1.807, 2.05) is 36.2 Å². The van der Waals surface area contributed by atoms with Crippen molar-refractivity contribution in [2.24, 2.45) is 5.92 Å². The number of anilines is 1. The van der Waals surface area contributed by atoms with E-state index in [4.69, 9.17) is 4.74 Å². The lowest BCUT2D eigenvalue weighted by atomic mass is 10.1. The van der Waals surface area contributed by atoms with Crippen LogP contribution in [0.15, 0.2) is 24.3 Å². The third-order valence-corrected chi connectivity index (χ3v) is 3.08. The Morgan fingerprint density at radius 1 is 1.39 bits per heavy atom. The lowest BCUT2D eigenvalue weighted by Crippen LogP contribution is -2.26. The van der Waals surface area contributed by atoms with Crippen molar-refractivity contribution in [2.75, 3.05) is 32.1 Å². The molecule has 0 radical (unpaired) electrons. The van der Waals surface area contributed by atoms with Gasteiger partial charge >= 0.3 is 0 Å². The summed E-state index contributed by atoms with van der Waals surface area (Å²) in [4.78, 5) is 13.7. The van der Waals surface area contributed by atoms with E-state index in [0.717, 1.165) is 24.5 Å². The molecule has 1 aromatic carbocycles. The molecule has 2 rings (SSSR count). The molecule has 1 aliphatic heterocycles. The maximum absolute atomic E-state index is 11.9. The van der Waals surface area contributed by atoms with Crippen molar-refractivity contribution in [3.05, 3.63) is 24.3 Å². The molecule has 1 amide bonds. The smallest absolute Gasteiger partial charge is 0.227 e. The topological polar surface area (TPSA) is 41.6 Å². The highest BCUT2D eigenvalue weighted by Crippen LogP contribution is 2.26. The molecule has 5 heteroatoms. The van der Waals surface area contributed by atoms with Gasteiger partial charge in [0.2, 0.25) is 5.91 Å². The first-order valence-corrected chi connectivity index (χ1v) is 5.83. The number of amides is 1. The minimum atomic E-state index is 0. The van der Waals surface area contributed by atoms with Crippen molar-refractivity contribution in [3.63, 3.8) is 0 Å². The van der Waals surface area contributed by atoms with Crippen molar-refractivity contribution < 1.29 is 9.53 Å². The van der Waals surface area contributed by atoms with Gasteiger partial charge in [0, 0.05) is 18.7 Å². The van der Waals surface area contributed by atoms with Gasteiger partial charge in [-0.25, -0.2) is 0 Å². The molecular weight excluding hydrogens is 252 g/mol. The lowest BCUT2D eigenvalue weighted by molar-refractivity contribution is -0.117. The first kappa shape index (κ1) is 14.8. The second-order valence-corrected chi connectivity index (χ2v) is 4.33. The molecule has 1 aromatic rings. The Morgan fingerprint density at radius 2 is 2.06 bits per heavy atom. The van der Waals surface area contributed by atoms with Crippen LogP contribution in [0.3, 0.4) is 0 Å². The summed E-state index contributed by atoms with van der Waals surface area (Å²) in [5.74, 6) is 1.43. The van der Waals surface area contributed by atoms with Gasteiger partial charge in [-0.15, -0.1) is 12.4 Å². The number of hydrogen-bond acceptors (Lipinski definition) is 3. The first-order chi connectivity index (χ1) is 8.24. The maximum atomic E-state index is 11.9. The molecule has 0 bridgehead atoms. The predicted molar refractivity (Wildman–Crippen MR) is 74.6 cm³/mol. The zero-order valence-corrected chi connectivity index (χ0v) is 11.5. The number of halogens is 1. The summed E-state index contributed by atoms with van der Waals surface area (Å²) in [6.07, 6.45) is 0.632. The van der Waals surface area contributed by atoms with Crippen LogP contribution in [0.25, 0.3) is 0 Å². The van der Waals surface area contributed by atoms with Crippen molar-refractivity contribution >= 4 is 24.0 Å². The summed E-state index contributed by atoms with van der Waals surface area (Å²) < 4.78 is 5.10. The third kappa shape index (κ3) is 3.15. The molecule has 4 nitrogen and oxygen atoms in total. The molecule has 100 valence electrons. The number of rotatable bonds is 4. The van der Waals surface area contributed by atoms with Gasteiger partial charge in [-0.1, -0.05) is 0 Å². The molecule has 1 saturated heterocycles. The number of carbonyl (C=O) groups excluding carboxylic acids is 1. The summed E-state index contributed by atoms with van der Waals surface area (Å²) in [5, 5.41) is 3.12. The molecule has 1 N–H and O–H groups in total. The van der Waals surface area contributed by atoms with Crippen LogP contribution in [0.1, 0.15) is 6.42 Å². The Labute approximate surface area is 114 Å². The predicted octanol–water partition coefficient (Wildman–Crippen LogP) is 1.69. The number of carbonyl (C=O) groups is 1. The minimum absolute atomic E-state index is 0. The fraction of sp³-hybridized carbons (Fsp3) is 0.462.